The van der Waals surface area contributed by atoms with Crippen LogP contribution in [0.2, 0.25) is 0 Å². The zero-order valence-electron chi connectivity index (χ0n) is 17.9. The number of carbonyl (C=O) groups excluding carboxylic acids is 5. The van der Waals surface area contributed by atoms with Crippen LogP contribution in [0.15, 0.2) is 0 Å². The second-order valence-electron chi connectivity index (χ2n) is 8.77. The fraction of sp³-hybridized carbons (Fsp3) is 0.750. The van der Waals surface area contributed by atoms with Crippen LogP contribution in [-0.4, -0.2) is 57.3 Å². The first kappa shape index (κ1) is 22.0. The Morgan fingerprint density at radius 2 is 1.60 bits per heavy atom. The zero-order chi connectivity index (χ0) is 22.1. The number of nitrogens with one attached hydrogen (secondary N) is 3. The smallest absolute Gasteiger partial charge is 0.323 e. The summed E-state index contributed by atoms with van der Waals surface area (Å²) in [4.78, 5) is 63.8. The molecule has 1 saturated carbocycles. The van der Waals surface area contributed by atoms with Gasteiger partial charge in [-0.25, -0.2) is 9.59 Å². The lowest BCUT2D eigenvalue weighted by Gasteiger charge is -2.33. The van der Waals surface area contributed by atoms with E-state index in [2.05, 4.69) is 23.0 Å². The van der Waals surface area contributed by atoms with E-state index in [1.165, 1.54) is 0 Å². The first-order chi connectivity index (χ1) is 14.2. The van der Waals surface area contributed by atoms with Gasteiger partial charge in [-0.3, -0.25) is 24.7 Å². The highest BCUT2D eigenvalue weighted by molar-refractivity contribution is 6.10. The minimum atomic E-state index is -0.995. The number of hydrogen-bond donors (Lipinski definition) is 3. The number of urea groups is 2. The normalized spacial score (nSPS) is 28.2. The number of amides is 7. The standard InChI is InChI=1S/C20H31N5O5/c1-4-8-19(9-5-2)15(27)24(17(29)21-19)12-14(26)23-25-16(28)20(22-18(25)30)10-6-13(3)7-11-20/h13H,4-12H2,1-3H3,(H,21,29)(H,22,30)(H,23,26). The predicted octanol–water partition coefficient (Wildman–Crippen LogP) is 1.41. The maximum Gasteiger partial charge on any atom is 0.344 e. The van der Waals surface area contributed by atoms with Crippen molar-refractivity contribution >= 4 is 29.8 Å². The summed E-state index contributed by atoms with van der Waals surface area (Å²) in [5, 5.41) is 6.13. The summed E-state index contributed by atoms with van der Waals surface area (Å²) in [6.07, 6.45) is 5.04. The highest BCUT2D eigenvalue weighted by atomic mass is 16.2. The van der Waals surface area contributed by atoms with E-state index in [0.29, 0.717) is 49.5 Å². The van der Waals surface area contributed by atoms with E-state index in [0.717, 1.165) is 17.7 Å². The van der Waals surface area contributed by atoms with E-state index in [1.807, 2.05) is 13.8 Å². The minimum Gasteiger partial charge on any atom is -0.323 e. The van der Waals surface area contributed by atoms with E-state index in [1.54, 1.807) is 0 Å². The molecule has 2 saturated heterocycles. The molecule has 0 atom stereocenters. The minimum absolute atomic E-state index is 0.443. The molecule has 0 radical (unpaired) electrons. The van der Waals surface area contributed by atoms with E-state index in [9.17, 15) is 24.0 Å². The second kappa shape index (κ2) is 8.23. The summed E-state index contributed by atoms with van der Waals surface area (Å²) in [5.74, 6) is -1.22. The number of hydrogen-bond acceptors (Lipinski definition) is 5. The van der Waals surface area contributed by atoms with Crippen LogP contribution in [0, 0.1) is 5.92 Å². The van der Waals surface area contributed by atoms with Crippen LogP contribution >= 0.6 is 0 Å². The molecular formula is C20H31N5O5. The molecule has 3 rings (SSSR count). The summed E-state index contributed by atoms with van der Waals surface area (Å²) < 4.78 is 0. The number of carbonyl (C=O) groups is 5. The van der Waals surface area contributed by atoms with Crippen LogP contribution in [0.25, 0.3) is 0 Å². The van der Waals surface area contributed by atoms with Crippen molar-refractivity contribution in [2.24, 2.45) is 5.92 Å². The third-order valence-corrected chi connectivity index (χ3v) is 6.43. The topological polar surface area (TPSA) is 128 Å². The van der Waals surface area contributed by atoms with Gasteiger partial charge in [-0.2, -0.15) is 5.01 Å². The van der Waals surface area contributed by atoms with Crippen molar-refractivity contribution < 1.29 is 24.0 Å². The molecule has 0 unspecified atom stereocenters. The first-order valence-electron chi connectivity index (χ1n) is 10.8. The molecule has 3 aliphatic rings. The molecule has 10 nitrogen and oxygen atoms in total. The number of hydrazine groups is 1. The molecule has 2 aliphatic heterocycles. The van der Waals surface area contributed by atoms with Gasteiger partial charge in [-0.15, -0.1) is 0 Å². The third-order valence-electron chi connectivity index (χ3n) is 6.43. The number of imide groups is 2. The van der Waals surface area contributed by atoms with Crippen molar-refractivity contribution in [3.8, 4) is 0 Å². The fourth-order valence-electron chi connectivity index (χ4n) is 4.76. The van der Waals surface area contributed by atoms with Crippen molar-refractivity contribution in [3.63, 3.8) is 0 Å². The Kier molecular flexibility index (Phi) is 6.05. The highest BCUT2D eigenvalue weighted by Crippen LogP contribution is 2.35. The molecule has 1 aliphatic carbocycles. The van der Waals surface area contributed by atoms with Crippen molar-refractivity contribution in [3.05, 3.63) is 0 Å². The van der Waals surface area contributed by atoms with Crippen LogP contribution in [0.1, 0.15) is 72.1 Å². The Morgan fingerprint density at radius 1 is 1.00 bits per heavy atom. The highest BCUT2D eigenvalue weighted by Gasteiger charge is 2.54. The van der Waals surface area contributed by atoms with E-state index >= 15 is 0 Å². The van der Waals surface area contributed by atoms with Crippen LogP contribution in [0.4, 0.5) is 9.59 Å². The van der Waals surface area contributed by atoms with Gasteiger partial charge in [0.1, 0.15) is 17.6 Å². The lowest BCUT2D eigenvalue weighted by atomic mass is 9.77. The SMILES string of the molecule is CCCC1(CCC)NC(=O)N(CC(=O)NN2C(=O)NC3(CCC(C)CC3)C2=O)C1=O. The molecular weight excluding hydrogens is 390 g/mol. The molecule has 0 aromatic carbocycles. The summed E-state index contributed by atoms with van der Waals surface area (Å²) in [7, 11) is 0. The lowest BCUT2D eigenvalue weighted by molar-refractivity contribution is -0.141. The Balaban J connectivity index is 1.65. The van der Waals surface area contributed by atoms with Gasteiger partial charge in [0.25, 0.3) is 17.7 Å². The van der Waals surface area contributed by atoms with Crippen molar-refractivity contribution in [1.82, 2.24) is 26.0 Å². The maximum absolute atomic E-state index is 12.9. The van der Waals surface area contributed by atoms with Gasteiger partial charge in [0.05, 0.1) is 0 Å². The van der Waals surface area contributed by atoms with Crippen molar-refractivity contribution in [1.29, 1.82) is 0 Å². The van der Waals surface area contributed by atoms with Crippen LogP contribution in [-0.2, 0) is 14.4 Å². The van der Waals surface area contributed by atoms with Gasteiger partial charge < -0.3 is 10.6 Å². The summed E-state index contributed by atoms with van der Waals surface area (Å²) in [6.45, 7) is 5.39. The van der Waals surface area contributed by atoms with Gasteiger partial charge in [0.2, 0.25) is 0 Å². The molecule has 30 heavy (non-hydrogen) atoms. The molecule has 10 heteroatoms. The van der Waals surface area contributed by atoms with Gasteiger partial charge >= 0.3 is 12.1 Å². The van der Waals surface area contributed by atoms with Crippen LogP contribution in [0.5, 0.6) is 0 Å². The predicted molar refractivity (Wildman–Crippen MR) is 107 cm³/mol. The molecule has 0 bridgehead atoms. The Labute approximate surface area is 176 Å². The summed E-state index contributed by atoms with van der Waals surface area (Å²) in [5.41, 5.74) is 0.307. The number of nitrogens with zero attached hydrogens (tertiary/aromatic N) is 2. The van der Waals surface area contributed by atoms with Crippen molar-refractivity contribution in [2.75, 3.05) is 6.54 Å². The van der Waals surface area contributed by atoms with E-state index in [4.69, 9.17) is 0 Å². The van der Waals surface area contributed by atoms with Gasteiger partial charge in [0, 0.05) is 0 Å². The summed E-state index contributed by atoms with van der Waals surface area (Å²) >= 11 is 0. The zero-order valence-corrected chi connectivity index (χ0v) is 17.9. The molecule has 3 N–H and O–H groups in total. The van der Waals surface area contributed by atoms with E-state index < -0.39 is 47.4 Å². The average molecular weight is 421 g/mol. The third kappa shape index (κ3) is 3.75. The van der Waals surface area contributed by atoms with Crippen LogP contribution in [0.3, 0.4) is 0 Å². The Hall–Kier alpha value is -2.65. The van der Waals surface area contributed by atoms with E-state index in [-0.39, 0.29) is 0 Å². The first-order valence-corrected chi connectivity index (χ1v) is 10.8. The molecule has 2 heterocycles. The quantitative estimate of drug-likeness (QED) is 0.536. The monoisotopic (exact) mass is 421 g/mol. The molecule has 0 aromatic heterocycles. The van der Waals surface area contributed by atoms with Crippen LogP contribution < -0.4 is 16.1 Å². The molecule has 3 fully saturated rings. The Bertz CT molecular complexity index is 753. The van der Waals surface area contributed by atoms with Gasteiger partial charge in [-0.1, -0.05) is 33.6 Å². The number of rotatable bonds is 7. The molecule has 7 amide bonds. The molecule has 1 spiro atoms. The van der Waals surface area contributed by atoms with Gasteiger partial charge in [-0.05, 0) is 44.4 Å². The maximum atomic E-state index is 12.9. The van der Waals surface area contributed by atoms with Crippen molar-refractivity contribution in [2.45, 2.75) is 83.2 Å². The lowest BCUT2D eigenvalue weighted by Crippen LogP contribution is -2.53. The summed E-state index contributed by atoms with van der Waals surface area (Å²) in [6, 6.07) is -1.32. The molecule has 0 aromatic rings. The largest absolute Gasteiger partial charge is 0.344 e. The second-order valence-corrected chi connectivity index (χ2v) is 8.77. The molecule has 166 valence electrons. The average Bonchev–Trinajstić information content (AvgIpc) is 3.05. The van der Waals surface area contributed by atoms with Gasteiger partial charge in [0.15, 0.2) is 0 Å². The Morgan fingerprint density at radius 3 is 2.17 bits per heavy atom. The fourth-order valence-corrected chi connectivity index (χ4v) is 4.76.